The van der Waals surface area contributed by atoms with Crippen molar-refractivity contribution < 1.29 is 9.90 Å². The van der Waals surface area contributed by atoms with Gasteiger partial charge in [0.25, 0.3) is 0 Å². The molecule has 122 valence electrons. The largest absolute Gasteiger partial charge is 0.480 e. The number of carboxylic acids is 1. The van der Waals surface area contributed by atoms with Gasteiger partial charge in [0.05, 0.1) is 5.69 Å². The zero-order valence-corrected chi connectivity index (χ0v) is 13.3. The van der Waals surface area contributed by atoms with Gasteiger partial charge < -0.3 is 10.4 Å². The number of aliphatic carboxylic acids is 1. The number of carbonyl (C=O) groups is 1. The summed E-state index contributed by atoms with van der Waals surface area (Å²) in [7, 11) is 0. The van der Waals surface area contributed by atoms with Gasteiger partial charge in [-0.15, -0.1) is 0 Å². The second kappa shape index (κ2) is 6.81. The lowest BCUT2D eigenvalue weighted by Crippen LogP contribution is -2.16. The standard InChI is InChI=1S/C17H22N4O2/c1-12(17(22)23)21-11-9-15(20-21)6-2-5-14-8-7-13-4-3-10-18-16(13)19-14/h7-9,11-12H,2-6,10H2,1H3,(H,18,19)(H,22,23). The second-order valence-corrected chi connectivity index (χ2v) is 6.00. The number of carboxylic acid groups (broad SMARTS) is 1. The Hall–Kier alpha value is -2.37. The molecule has 0 saturated heterocycles. The van der Waals surface area contributed by atoms with Gasteiger partial charge in [-0.3, -0.25) is 4.68 Å². The van der Waals surface area contributed by atoms with Crippen molar-refractivity contribution in [2.45, 2.75) is 45.1 Å². The van der Waals surface area contributed by atoms with Gasteiger partial charge in [0.2, 0.25) is 0 Å². The van der Waals surface area contributed by atoms with E-state index in [1.165, 1.54) is 16.7 Å². The molecular formula is C17H22N4O2. The molecule has 1 atom stereocenters. The van der Waals surface area contributed by atoms with Crippen LogP contribution in [0.3, 0.4) is 0 Å². The third-order valence-electron chi connectivity index (χ3n) is 4.24. The van der Waals surface area contributed by atoms with E-state index in [-0.39, 0.29) is 0 Å². The molecule has 2 aromatic rings. The summed E-state index contributed by atoms with van der Waals surface area (Å²) in [6.07, 6.45) is 6.68. The Morgan fingerprint density at radius 1 is 1.35 bits per heavy atom. The fourth-order valence-corrected chi connectivity index (χ4v) is 2.80. The fourth-order valence-electron chi connectivity index (χ4n) is 2.80. The third-order valence-corrected chi connectivity index (χ3v) is 4.24. The third kappa shape index (κ3) is 3.70. The van der Waals surface area contributed by atoms with Gasteiger partial charge in [0, 0.05) is 18.4 Å². The molecule has 0 aromatic carbocycles. The molecule has 23 heavy (non-hydrogen) atoms. The Morgan fingerprint density at radius 3 is 3.00 bits per heavy atom. The minimum Gasteiger partial charge on any atom is -0.480 e. The Kier molecular flexibility index (Phi) is 4.60. The van der Waals surface area contributed by atoms with Crippen LogP contribution in [0, 0.1) is 0 Å². The summed E-state index contributed by atoms with van der Waals surface area (Å²) in [6.45, 7) is 2.63. The van der Waals surface area contributed by atoms with Crippen LogP contribution in [0.2, 0.25) is 0 Å². The smallest absolute Gasteiger partial charge is 0.328 e. The van der Waals surface area contributed by atoms with Crippen LogP contribution in [0.25, 0.3) is 0 Å². The van der Waals surface area contributed by atoms with Crippen LogP contribution in [-0.2, 0) is 24.1 Å². The summed E-state index contributed by atoms with van der Waals surface area (Å²) in [4.78, 5) is 15.6. The lowest BCUT2D eigenvalue weighted by molar-refractivity contribution is -0.140. The molecule has 1 aliphatic rings. The van der Waals surface area contributed by atoms with Crippen molar-refractivity contribution in [3.63, 3.8) is 0 Å². The maximum absolute atomic E-state index is 11.0. The molecule has 0 amide bonds. The van der Waals surface area contributed by atoms with E-state index in [1.807, 2.05) is 6.07 Å². The fraction of sp³-hybridized carbons (Fsp3) is 0.471. The first-order valence-corrected chi connectivity index (χ1v) is 8.13. The van der Waals surface area contributed by atoms with E-state index in [0.29, 0.717) is 0 Å². The van der Waals surface area contributed by atoms with Gasteiger partial charge in [-0.2, -0.15) is 5.10 Å². The summed E-state index contributed by atoms with van der Waals surface area (Å²) in [5.41, 5.74) is 3.33. The number of fused-ring (bicyclic) bond motifs is 1. The number of hydrogen-bond acceptors (Lipinski definition) is 4. The van der Waals surface area contributed by atoms with Crippen molar-refractivity contribution >= 4 is 11.8 Å². The molecule has 3 heterocycles. The number of hydrogen-bond donors (Lipinski definition) is 2. The molecule has 6 heteroatoms. The predicted octanol–water partition coefficient (Wildman–Crippen LogP) is 2.46. The highest BCUT2D eigenvalue weighted by Crippen LogP contribution is 2.20. The first kappa shape index (κ1) is 15.5. The maximum atomic E-state index is 11.0. The van der Waals surface area contributed by atoms with E-state index >= 15 is 0 Å². The Bertz CT molecular complexity index is 696. The number of rotatable bonds is 6. The molecular weight excluding hydrogens is 292 g/mol. The van der Waals surface area contributed by atoms with Gasteiger partial charge in [-0.25, -0.2) is 9.78 Å². The number of aryl methyl sites for hydroxylation is 3. The van der Waals surface area contributed by atoms with E-state index in [9.17, 15) is 4.79 Å². The lowest BCUT2D eigenvalue weighted by atomic mass is 10.1. The van der Waals surface area contributed by atoms with Crippen molar-refractivity contribution in [1.29, 1.82) is 0 Å². The van der Waals surface area contributed by atoms with Gasteiger partial charge in [-0.1, -0.05) is 6.07 Å². The quantitative estimate of drug-likeness (QED) is 0.856. The van der Waals surface area contributed by atoms with E-state index < -0.39 is 12.0 Å². The van der Waals surface area contributed by atoms with Crippen LogP contribution in [-0.4, -0.2) is 32.4 Å². The molecule has 1 aliphatic heterocycles. The number of nitrogens with zero attached hydrogens (tertiary/aromatic N) is 3. The van der Waals surface area contributed by atoms with Gasteiger partial charge in [0.1, 0.15) is 11.9 Å². The Labute approximate surface area is 135 Å². The monoisotopic (exact) mass is 314 g/mol. The van der Waals surface area contributed by atoms with E-state index in [0.717, 1.165) is 49.4 Å². The van der Waals surface area contributed by atoms with Crippen LogP contribution in [0.4, 0.5) is 5.82 Å². The number of pyridine rings is 1. The zero-order chi connectivity index (χ0) is 16.2. The molecule has 1 unspecified atom stereocenters. The van der Waals surface area contributed by atoms with E-state index in [2.05, 4.69) is 27.5 Å². The molecule has 2 aromatic heterocycles. The summed E-state index contributed by atoms with van der Waals surface area (Å²) >= 11 is 0. The summed E-state index contributed by atoms with van der Waals surface area (Å²) in [5, 5.41) is 16.7. The van der Waals surface area contributed by atoms with Crippen molar-refractivity contribution in [3.8, 4) is 0 Å². The van der Waals surface area contributed by atoms with Crippen LogP contribution in [0.5, 0.6) is 0 Å². The second-order valence-electron chi connectivity index (χ2n) is 6.00. The minimum atomic E-state index is -0.870. The molecule has 3 rings (SSSR count). The summed E-state index contributed by atoms with van der Waals surface area (Å²) < 4.78 is 1.50. The van der Waals surface area contributed by atoms with Crippen LogP contribution >= 0.6 is 0 Å². The van der Waals surface area contributed by atoms with Crippen LogP contribution in [0.15, 0.2) is 24.4 Å². The highest BCUT2D eigenvalue weighted by Gasteiger charge is 2.14. The first-order valence-electron chi connectivity index (χ1n) is 8.13. The molecule has 0 bridgehead atoms. The van der Waals surface area contributed by atoms with Gasteiger partial charge >= 0.3 is 5.97 Å². The predicted molar refractivity (Wildman–Crippen MR) is 87.6 cm³/mol. The Balaban J connectivity index is 1.54. The normalized spacial score (nSPS) is 14.8. The SMILES string of the molecule is CC(C(=O)O)n1ccc(CCCc2ccc3c(n2)NCCC3)n1. The molecule has 6 nitrogen and oxygen atoms in total. The molecule has 0 radical (unpaired) electrons. The average molecular weight is 314 g/mol. The van der Waals surface area contributed by atoms with Crippen LogP contribution in [0.1, 0.15) is 42.8 Å². The molecule has 0 aliphatic carbocycles. The highest BCUT2D eigenvalue weighted by molar-refractivity contribution is 5.71. The first-order chi connectivity index (χ1) is 11.1. The van der Waals surface area contributed by atoms with Gasteiger partial charge in [0.15, 0.2) is 0 Å². The molecule has 0 spiro atoms. The van der Waals surface area contributed by atoms with Crippen molar-refractivity contribution in [1.82, 2.24) is 14.8 Å². The average Bonchev–Trinajstić information content (AvgIpc) is 3.02. The molecule has 0 fully saturated rings. The number of anilines is 1. The van der Waals surface area contributed by atoms with Crippen molar-refractivity contribution in [2.24, 2.45) is 0 Å². The molecule has 2 N–H and O–H groups in total. The topological polar surface area (TPSA) is 80.0 Å². The highest BCUT2D eigenvalue weighted by atomic mass is 16.4. The van der Waals surface area contributed by atoms with E-state index in [1.54, 1.807) is 13.1 Å². The van der Waals surface area contributed by atoms with Crippen molar-refractivity contribution in [2.75, 3.05) is 11.9 Å². The lowest BCUT2D eigenvalue weighted by Gasteiger charge is -2.17. The summed E-state index contributed by atoms with van der Waals surface area (Å²) in [5.74, 6) is 0.165. The van der Waals surface area contributed by atoms with Crippen LogP contribution < -0.4 is 5.32 Å². The Morgan fingerprint density at radius 2 is 2.17 bits per heavy atom. The van der Waals surface area contributed by atoms with Gasteiger partial charge in [-0.05, 0) is 56.7 Å². The zero-order valence-electron chi connectivity index (χ0n) is 13.3. The maximum Gasteiger partial charge on any atom is 0.328 e. The minimum absolute atomic E-state index is 0.628. The number of nitrogens with one attached hydrogen (secondary N) is 1. The van der Waals surface area contributed by atoms with Crippen molar-refractivity contribution in [3.05, 3.63) is 41.3 Å². The molecule has 0 saturated carbocycles. The van der Waals surface area contributed by atoms with E-state index in [4.69, 9.17) is 5.11 Å². The summed E-state index contributed by atoms with van der Waals surface area (Å²) in [6, 6.07) is 5.54. The number of aromatic nitrogens is 3.